The molecule has 1 unspecified atom stereocenters. The number of nitrogens with two attached hydrogens (primary N) is 1. The first kappa shape index (κ1) is 13.3. The van der Waals surface area contributed by atoms with E-state index in [0.717, 1.165) is 0 Å². The smallest absolute Gasteiger partial charge is 0.320 e. The number of phenolic OH excluding ortho intramolecular Hbond substituents is 1. The molecule has 0 aliphatic heterocycles. The van der Waals surface area contributed by atoms with Crippen LogP contribution >= 0.6 is 0 Å². The van der Waals surface area contributed by atoms with Crippen molar-refractivity contribution in [2.75, 3.05) is 0 Å². The average Bonchev–Trinajstić information content (AvgIpc) is 2.22. The summed E-state index contributed by atoms with van der Waals surface area (Å²) in [6.45, 7) is 3.68. The van der Waals surface area contributed by atoms with Crippen molar-refractivity contribution >= 4 is 5.97 Å². The molecule has 17 heavy (non-hydrogen) atoms. The molecule has 4 N–H and O–H groups in total. The first-order valence-electron chi connectivity index (χ1n) is 5.37. The van der Waals surface area contributed by atoms with Crippen molar-refractivity contribution in [3.8, 4) is 11.5 Å². The van der Waals surface area contributed by atoms with Gasteiger partial charge < -0.3 is 20.7 Å². The van der Waals surface area contributed by atoms with Crippen LogP contribution in [0.5, 0.6) is 11.5 Å². The zero-order valence-corrected chi connectivity index (χ0v) is 9.88. The van der Waals surface area contributed by atoms with Gasteiger partial charge in [0.15, 0.2) is 11.5 Å². The molecular weight excluding hydrogens is 222 g/mol. The lowest BCUT2D eigenvalue weighted by Crippen LogP contribution is -2.32. The Morgan fingerprint density at radius 2 is 2.12 bits per heavy atom. The van der Waals surface area contributed by atoms with Crippen molar-refractivity contribution < 1.29 is 19.7 Å². The Hall–Kier alpha value is -1.75. The van der Waals surface area contributed by atoms with Gasteiger partial charge in [0, 0.05) is 0 Å². The SMILES string of the molecule is CC(C)Oc1cc(CC(N)C(=O)O)ccc1O. The number of carboxylic acids is 1. The summed E-state index contributed by atoms with van der Waals surface area (Å²) in [6, 6.07) is 3.76. The lowest BCUT2D eigenvalue weighted by molar-refractivity contribution is -0.138. The van der Waals surface area contributed by atoms with Gasteiger partial charge >= 0.3 is 5.97 Å². The number of benzene rings is 1. The number of rotatable bonds is 5. The van der Waals surface area contributed by atoms with Crippen LogP contribution < -0.4 is 10.5 Å². The van der Waals surface area contributed by atoms with E-state index in [2.05, 4.69) is 0 Å². The molecule has 1 aromatic carbocycles. The van der Waals surface area contributed by atoms with E-state index in [0.29, 0.717) is 11.3 Å². The third-order valence-electron chi connectivity index (χ3n) is 2.16. The number of phenols is 1. The highest BCUT2D eigenvalue weighted by Gasteiger charge is 2.14. The summed E-state index contributed by atoms with van der Waals surface area (Å²) in [5.41, 5.74) is 6.15. The molecule has 0 heterocycles. The van der Waals surface area contributed by atoms with Gasteiger partial charge in [-0.15, -0.1) is 0 Å². The van der Waals surface area contributed by atoms with E-state index in [-0.39, 0.29) is 18.3 Å². The second-order valence-corrected chi connectivity index (χ2v) is 4.12. The second-order valence-electron chi connectivity index (χ2n) is 4.12. The summed E-state index contributed by atoms with van der Waals surface area (Å²) in [4.78, 5) is 10.6. The van der Waals surface area contributed by atoms with Crippen molar-refractivity contribution in [1.82, 2.24) is 0 Å². The lowest BCUT2D eigenvalue weighted by Gasteiger charge is -2.13. The number of carbonyl (C=O) groups is 1. The quantitative estimate of drug-likeness (QED) is 0.716. The minimum absolute atomic E-state index is 0.0337. The molecule has 0 fully saturated rings. The van der Waals surface area contributed by atoms with Crippen LogP contribution in [0.2, 0.25) is 0 Å². The third-order valence-corrected chi connectivity index (χ3v) is 2.16. The van der Waals surface area contributed by atoms with Gasteiger partial charge in [0.2, 0.25) is 0 Å². The minimum Gasteiger partial charge on any atom is -0.504 e. The molecule has 0 aliphatic rings. The molecule has 0 amide bonds. The summed E-state index contributed by atoms with van der Waals surface area (Å²) in [6.07, 6.45) is 0.133. The third kappa shape index (κ3) is 3.96. The van der Waals surface area contributed by atoms with Crippen LogP contribution in [0.4, 0.5) is 0 Å². The number of hydrogen-bond donors (Lipinski definition) is 3. The Morgan fingerprint density at radius 3 is 2.65 bits per heavy atom. The number of hydrogen-bond acceptors (Lipinski definition) is 4. The maximum atomic E-state index is 10.6. The summed E-state index contributed by atoms with van der Waals surface area (Å²) in [5.74, 6) is -0.675. The molecule has 1 atom stereocenters. The van der Waals surface area contributed by atoms with Crippen LogP contribution in [0.1, 0.15) is 19.4 Å². The fourth-order valence-corrected chi connectivity index (χ4v) is 1.38. The fourth-order valence-electron chi connectivity index (χ4n) is 1.38. The highest BCUT2D eigenvalue weighted by atomic mass is 16.5. The van der Waals surface area contributed by atoms with E-state index in [9.17, 15) is 9.90 Å². The van der Waals surface area contributed by atoms with Gasteiger partial charge in [-0.2, -0.15) is 0 Å². The zero-order chi connectivity index (χ0) is 13.0. The molecule has 5 nitrogen and oxygen atoms in total. The highest BCUT2D eigenvalue weighted by molar-refractivity contribution is 5.73. The zero-order valence-electron chi connectivity index (χ0n) is 9.88. The first-order valence-corrected chi connectivity index (χ1v) is 5.37. The van der Waals surface area contributed by atoms with Crippen LogP contribution in [0.3, 0.4) is 0 Å². The van der Waals surface area contributed by atoms with Crippen LogP contribution in [0.15, 0.2) is 18.2 Å². The molecule has 0 saturated carbocycles. The molecule has 1 rings (SSSR count). The van der Waals surface area contributed by atoms with Crippen molar-refractivity contribution in [2.45, 2.75) is 32.4 Å². The van der Waals surface area contributed by atoms with Gasteiger partial charge in [0.25, 0.3) is 0 Å². The van der Waals surface area contributed by atoms with E-state index in [4.69, 9.17) is 15.6 Å². The maximum Gasteiger partial charge on any atom is 0.320 e. The summed E-state index contributed by atoms with van der Waals surface area (Å²) in [5, 5.41) is 18.3. The minimum atomic E-state index is -1.05. The van der Waals surface area contributed by atoms with Gasteiger partial charge in [-0.25, -0.2) is 0 Å². The average molecular weight is 239 g/mol. The van der Waals surface area contributed by atoms with Crippen LogP contribution in [0.25, 0.3) is 0 Å². The second kappa shape index (κ2) is 5.54. The molecular formula is C12H17NO4. The Bertz CT molecular complexity index is 403. The summed E-state index contributed by atoms with van der Waals surface area (Å²) < 4.78 is 5.39. The van der Waals surface area contributed by atoms with E-state index in [1.807, 2.05) is 13.8 Å². The van der Waals surface area contributed by atoms with Crippen molar-refractivity contribution in [2.24, 2.45) is 5.73 Å². The van der Waals surface area contributed by atoms with Gasteiger partial charge in [0.05, 0.1) is 6.10 Å². The molecule has 0 saturated heterocycles. The van der Waals surface area contributed by atoms with E-state index in [1.165, 1.54) is 6.07 Å². The van der Waals surface area contributed by atoms with E-state index >= 15 is 0 Å². The molecule has 0 aliphatic carbocycles. The molecule has 5 heteroatoms. The maximum absolute atomic E-state index is 10.6. The van der Waals surface area contributed by atoms with Crippen LogP contribution in [-0.2, 0) is 11.2 Å². The van der Waals surface area contributed by atoms with Crippen molar-refractivity contribution in [3.05, 3.63) is 23.8 Å². The predicted molar refractivity (Wildman–Crippen MR) is 63.2 cm³/mol. The normalized spacial score (nSPS) is 12.5. The molecule has 0 aromatic heterocycles. The number of carboxylic acid groups (broad SMARTS) is 1. The standard InChI is InChI=1S/C12H17NO4/c1-7(2)17-11-6-8(3-4-10(11)14)5-9(13)12(15)16/h3-4,6-7,9,14H,5,13H2,1-2H3,(H,15,16). The Morgan fingerprint density at radius 1 is 1.47 bits per heavy atom. The van der Waals surface area contributed by atoms with E-state index in [1.54, 1.807) is 12.1 Å². The first-order chi connectivity index (χ1) is 7.90. The topological polar surface area (TPSA) is 92.8 Å². The largest absolute Gasteiger partial charge is 0.504 e. The van der Waals surface area contributed by atoms with Gasteiger partial charge in [-0.1, -0.05) is 6.07 Å². The fraction of sp³-hybridized carbons (Fsp3) is 0.417. The molecule has 0 spiro atoms. The molecule has 0 radical (unpaired) electrons. The number of ether oxygens (including phenoxy) is 1. The predicted octanol–water partition coefficient (Wildman–Crippen LogP) is 1.13. The number of aliphatic carboxylic acids is 1. The summed E-state index contributed by atoms with van der Waals surface area (Å²) in [7, 11) is 0. The van der Waals surface area contributed by atoms with Gasteiger partial charge in [-0.3, -0.25) is 4.79 Å². The Balaban J connectivity index is 2.84. The Kier molecular flexibility index (Phi) is 4.34. The van der Waals surface area contributed by atoms with Gasteiger partial charge in [-0.05, 0) is 38.0 Å². The molecule has 94 valence electrons. The van der Waals surface area contributed by atoms with Crippen LogP contribution in [0, 0.1) is 0 Å². The van der Waals surface area contributed by atoms with E-state index < -0.39 is 12.0 Å². The summed E-state index contributed by atoms with van der Waals surface area (Å²) >= 11 is 0. The Labute approximate surface area is 99.8 Å². The number of aromatic hydroxyl groups is 1. The van der Waals surface area contributed by atoms with Gasteiger partial charge in [0.1, 0.15) is 6.04 Å². The van der Waals surface area contributed by atoms with Crippen molar-refractivity contribution in [1.29, 1.82) is 0 Å². The highest BCUT2D eigenvalue weighted by Crippen LogP contribution is 2.28. The van der Waals surface area contributed by atoms with Crippen molar-refractivity contribution in [3.63, 3.8) is 0 Å². The molecule has 1 aromatic rings. The monoisotopic (exact) mass is 239 g/mol. The van der Waals surface area contributed by atoms with Crippen LogP contribution in [-0.4, -0.2) is 28.3 Å². The molecule has 0 bridgehead atoms. The lowest BCUT2D eigenvalue weighted by atomic mass is 10.1.